The number of pyridine rings is 2. The molecule has 3 heterocycles. The summed E-state index contributed by atoms with van der Waals surface area (Å²) in [5.74, 6) is -0.835. The largest absolute Gasteiger partial charge is 0.289 e. The van der Waals surface area contributed by atoms with Crippen molar-refractivity contribution in [3.63, 3.8) is 0 Å². The highest BCUT2D eigenvalue weighted by Crippen LogP contribution is 2.33. The van der Waals surface area contributed by atoms with E-state index in [0.29, 0.717) is 27.4 Å². The monoisotopic (exact) mass is 434 g/mol. The summed E-state index contributed by atoms with van der Waals surface area (Å²) < 4.78 is 14.7. The lowest BCUT2D eigenvalue weighted by Crippen LogP contribution is -2.20. The third kappa shape index (κ3) is 2.94. The van der Waals surface area contributed by atoms with Crippen LogP contribution in [0.3, 0.4) is 0 Å². The molecule has 1 N–H and O–H groups in total. The van der Waals surface area contributed by atoms with Gasteiger partial charge >= 0.3 is 0 Å². The van der Waals surface area contributed by atoms with Crippen molar-refractivity contribution >= 4 is 50.2 Å². The summed E-state index contributed by atoms with van der Waals surface area (Å²) in [5.41, 5.74) is 5.22. The highest BCUT2D eigenvalue weighted by molar-refractivity contribution is 6.20. The van der Waals surface area contributed by atoms with Gasteiger partial charge in [0.2, 0.25) is 0 Å². The molecule has 0 unspecified atom stereocenters. The first-order valence-electron chi connectivity index (χ1n) is 10.3. The normalized spacial score (nSPS) is 11.9. The molecule has 0 bridgehead atoms. The predicted molar refractivity (Wildman–Crippen MR) is 127 cm³/mol. The minimum Gasteiger partial charge on any atom is -0.273 e. The van der Waals surface area contributed by atoms with Crippen LogP contribution >= 0.6 is 0 Å². The second kappa shape index (κ2) is 7.20. The second-order valence-electron chi connectivity index (χ2n) is 7.71. The molecule has 3 aromatic heterocycles. The van der Waals surface area contributed by atoms with Gasteiger partial charge in [0, 0.05) is 21.5 Å². The van der Waals surface area contributed by atoms with E-state index in [0.717, 1.165) is 16.3 Å². The van der Waals surface area contributed by atoms with Gasteiger partial charge in [-0.05, 0) is 35.9 Å². The molecule has 6 aromatic rings. The van der Waals surface area contributed by atoms with Gasteiger partial charge in [0.25, 0.3) is 11.5 Å². The van der Waals surface area contributed by atoms with Crippen LogP contribution in [0.2, 0.25) is 0 Å². The van der Waals surface area contributed by atoms with E-state index >= 15 is 0 Å². The van der Waals surface area contributed by atoms with Crippen LogP contribution in [0.1, 0.15) is 16.1 Å². The van der Waals surface area contributed by atoms with E-state index in [-0.39, 0.29) is 17.1 Å². The van der Waals surface area contributed by atoms with Crippen molar-refractivity contribution in [1.29, 1.82) is 0 Å². The Morgan fingerprint density at radius 1 is 0.909 bits per heavy atom. The highest BCUT2D eigenvalue weighted by atomic mass is 19.1. The third-order valence-electron chi connectivity index (χ3n) is 5.75. The Morgan fingerprint density at radius 2 is 1.61 bits per heavy atom. The number of carbonyl (C=O) groups is 1. The van der Waals surface area contributed by atoms with E-state index in [1.165, 1.54) is 18.3 Å². The Labute approximate surface area is 185 Å². The Kier molecular flexibility index (Phi) is 4.16. The number of nitrogens with one attached hydrogen (secondary N) is 1. The molecule has 1 amide bonds. The summed E-state index contributed by atoms with van der Waals surface area (Å²) in [6, 6.07) is 22.3. The molecule has 0 aliphatic rings. The third-order valence-corrected chi connectivity index (χ3v) is 5.75. The first-order valence-corrected chi connectivity index (χ1v) is 10.3. The van der Waals surface area contributed by atoms with Crippen LogP contribution in [0, 0.1) is 5.82 Å². The number of benzene rings is 3. The van der Waals surface area contributed by atoms with Gasteiger partial charge < -0.3 is 0 Å². The number of aromatic nitrogens is 2. The number of fused-ring (bicyclic) bond motifs is 5. The first-order chi connectivity index (χ1) is 16.1. The Bertz CT molecular complexity index is 1790. The van der Waals surface area contributed by atoms with Crippen LogP contribution in [0.5, 0.6) is 0 Å². The maximum absolute atomic E-state index is 13.3. The van der Waals surface area contributed by atoms with Crippen molar-refractivity contribution in [3.8, 4) is 0 Å². The van der Waals surface area contributed by atoms with Crippen LogP contribution < -0.4 is 11.0 Å². The molecule has 7 heteroatoms. The molecule has 0 aliphatic heterocycles. The lowest BCUT2D eigenvalue weighted by Gasteiger charge is -2.07. The van der Waals surface area contributed by atoms with E-state index in [2.05, 4.69) is 15.5 Å². The van der Waals surface area contributed by atoms with Crippen molar-refractivity contribution < 1.29 is 9.18 Å². The molecule has 0 radical (unpaired) electrons. The summed E-state index contributed by atoms with van der Waals surface area (Å²) in [7, 11) is 0. The number of hydrazone groups is 1. The van der Waals surface area contributed by atoms with Gasteiger partial charge in [0.05, 0.1) is 22.8 Å². The molecule has 33 heavy (non-hydrogen) atoms. The SMILES string of the molecule is O=C(N/N=C/c1ccc(F)cc1)c1cc2c3ccccc3n3c(=O)c4ccccc4c(n1)c23. The topological polar surface area (TPSA) is 75.8 Å². The molecule has 0 aliphatic carbocycles. The van der Waals surface area contributed by atoms with Gasteiger partial charge in [-0.15, -0.1) is 0 Å². The fourth-order valence-corrected chi connectivity index (χ4v) is 4.27. The van der Waals surface area contributed by atoms with E-state index in [1.54, 1.807) is 28.7 Å². The van der Waals surface area contributed by atoms with Crippen LogP contribution in [0.4, 0.5) is 4.39 Å². The van der Waals surface area contributed by atoms with E-state index in [9.17, 15) is 14.0 Å². The maximum Gasteiger partial charge on any atom is 0.289 e. The van der Waals surface area contributed by atoms with Crippen LogP contribution in [0.25, 0.3) is 38.1 Å². The van der Waals surface area contributed by atoms with Gasteiger partial charge in [0.1, 0.15) is 11.5 Å². The van der Waals surface area contributed by atoms with Crippen LogP contribution in [0.15, 0.2) is 88.8 Å². The minimum atomic E-state index is -0.488. The van der Waals surface area contributed by atoms with Crippen molar-refractivity contribution in [2.45, 2.75) is 0 Å². The van der Waals surface area contributed by atoms with Gasteiger partial charge in [0.15, 0.2) is 0 Å². The van der Waals surface area contributed by atoms with Gasteiger partial charge in [-0.25, -0.2) is 14.8 Å². The van der Waals surface area contributed by atoms with Gasteiger partial charge in [-0.2, -0.15) is 5.10 Å². The number of nitrogens with zero attached hydrogens (tertiary/aromatic N) is 3. The van der Waals surface area contributed by atoms with Gasteiger partial charge in [-0.1, -0.05) is 48.5 Å². The molecule has 3 aromatic carbocycles. The zero-order valence-electron chi connectivity index (χ0n) is 17.1. The zero-order valence-corrected chi connectivity index (χ0v) is 17.1. The summed E-state index contributed by atoms with van der Waals surface area (Å²) in [4.78, 5) is 30.8. The summed E-state index contributed by atoms with van der Waals surface area (Å²) >= 11 is 0. The molecule has 0 atom stereocenters. The molecular weight excluding hydrogens is 419 g/mol. The number of hydrogen-bond acceptors (Lipinski definition) is 4. The average molecular weight is 434 g/mol. The smallest absolute Gasteiger partial charge is 0.273 e. The maximum atomic E-state index is 13.3. The molecule has 0 spiro atoms. The number of carbonyl (C=O) groups excluding carboxylic acids is 1. The second-order valence-corrected chi connectivity index (χ2v) is 7.71. The van der Waals surface area contributed by atoms with Crippen molar-refractivity contribution in [2.24, 2.45) is 5.10 Å². The number of amides is 1. The lowest BCUT2D eigenvalue weighted by molar-refractivity contribution is 0.0950. The number of rotatable bonds is 3. The lowest BCUT2D eigenvalue weighted by atomic mass is 10.1. The fourth-order valence-electron chi connectivity index (χ4n) is 4.27. The highest BCUT2D eigenvalue weighted by Gasteiger charge is 2.20. The summed E-state index contributed by atoms with van der Waals surface area (Å²) in [6.45, 7) is 0. The Hall–Kier alpha value is -4.65. The molecule has 0 saturated heterocycles. The molecule has 6 rings (SSSR count). The summed E-state index contributed by atoms with van der Waals surface area (Å²) in [5, 5.41) is 6.83. The number of para-hydroxylation sites is 1. The first kappa shape index (κ1) is 19.1. The molecular formula is C26H15FN4O2. The standard InChI is InChI=1S/C26H15FN4O2/c27-16-11-9-15(10-12-16)14-28-30-25(32)21-13-20-17-5-3-4-8-22(17)31-24(20)23(29-21)18-6-1-2-7-19(18)26(31)33/h1-14H,(H,30,32)/b28-14+. The minimum absolute atomic E-state index is 0.118. The number of halogens is 1. The quantitative estimate of drug-likeness (QED) is 0.253. The van der Waals surface area contributed by atoms with E-state index < -0.39 is 5.91 Å². The number of hydrogen-bond donors (Lipinski definition) is 1. The molecule has 158 valence electrons. The molecule has 0 saturated carbocycles. The Morgan fingerprint density at radius 3 is 2.39 bits per heavy atom. The fraction of sp³-hybridized carbons (Fsp3) is 0. The van der Waals surface area contributed by atoms with Crippen molar-refractivity contribution in [2.75, 3.05) is 0 Å². The van der Waals surface area contributed by atoms with E-state index in [4.69, 9.17) is 0 Å². The van der Waals surface area contributed by atoms with Gasteiger partial charge in [-0.3, -0.25) is 14.0 Å². The molecule has 0 fully saturated rings. The van der Waals surface area contributed by atoms with Crippen LogP contribution in [-0.4, -0.2) is 21.5 Å². The van der Waals surface area contributed by atoms with Crippen molar-refractivity contribution in [1.82, 2.24) is 14.8 Å². The zero-order chi connectivity index (χ0) is 22.5. The average Bonchev–Trinajstić information content (AvgIpc) is 3.18. The van der Waals surface area contributed by atoms with E-state index in [1.807, 2.05) is 42.5 Å². The van der Waals surface area contributed by atoms with Crippen LogP contribution in [-0.2, 0) is 0 Å². The molecule has 6 nitrogen and oxygen atoms in total. The predicted octanol–water partition coefficient (Wildman–Crippen LogP) is 4.49. The van der Waals surface area contributed by atoms with Crippen molar-refractivity contribution in [3.05, 3.63) is 106 Å². The Balaban J connectivity index is 1.54. The summed E-state index contributed by atoms with van der Waals surface area (Å²) in [6.07, 6.45) is 1.43.